The summed E-state index contributed by atoms with van der Waals surface area (Å²) in [5.41, 5.74) is 1.93. The van der Waals surface area contributed by atoms with E-state index in [1.807, 2.05) is 30.6 Å². The number of hydrogen-bond acceptors (Lipinski definition) is 3. The van der Waals surface area contributed by atoms with Gasteiger partial charge in [0.2, 0.25) is 5.91 Å². The van der Waals surface area contributed by atoms with Crippen LogP contribution in [0.4, 0.5) is 4.39 Å². The highest BCUT2D eigenvalue weighted by molar-refractivity contribution is 5.83. The van der Waals surface area contributed by atoms with Crippen LogP contribution >= 0.6 is 0 Å². The Hall–Kier alpha value is -2.79. The molecule has 2 aliphatic rings. The Morgan fingerprint density at radius 1 is 1.00 bits per heavy atom. The largest absolute Gasteiger partial charge is 0.381 e. The van der Waals surface area contributed by atoms with Crippen molar-refractivity contribution in [2.24, 2.45) is 11.3 Å². The van der Waals surface area contributed by atoms with Crippen LogP contribution in [0, 0.1) is 17.2 Å². The summed E-state index contributed by atoms with van der Waals surface area (Å²) >= 11 is 0. The number of pyridine rings is 1. The van der Waals surface area contributed by atoms with E-state index in [0.717, 1.165) is 57.2 Å². The molecule has 5 heteroatoms. The van der Waals surface area contributed by atoms with Crippen molar-refractivity contribution in [3.63, 3.8) is 0 Å². The second-order valence-corrected chi connectivity index (χ2v) is 10.0. The van der Waals surface area contributed by atoms with E-state index in [0.29, 0.717) is 25.6 Å². The van der Waals surface area contributed by atoms with Gasteiger partial charge in [-0.15, -0.1) is 0 Å². The van der Waals surface area contributed by atoms with Crippen LogP contribution in [0.5, 0.6) is 0 Å². The molecule has 0 N–H and O–H groups in total. The molecule has 4 nitrogen and oxygen atoms in total. The van der Waals surface area contributed by atoms with Crippen molar-refractivity contribution in [3.05, 3.63) is 77.9 Å². The molecule has 178 valence electrons. The van der Waals surface area contributed by atoms with Crippen LogP contribution in [0.15, 0.2) is 60.9 Å². The fraction of sp³-hybridized carbons (Fsp3) is 0.448. The molecule has 3 aromatic rings. The summed E-state index contributed by atoms with van der Waals surface area (Å²) in [6, 6.07) is 15.3. The average Bonchev–Trinajstić information content (AvgIpc) is 3.11. The number of likely N-dealkylation sites (tertiary alicyclic amines) is 1. The number of aromatic nitrogens is 1. The van der Waals surface area contributed by atoms with Crippen LogP contribution in [0.1, 0.15) is 43.2 Å². The van der Waals surface area contributed by atoms with E-state index in [9.17, 15) is 9.18 Å². The fourth-order valence-electron chi connectivity index (χ4n) is 5.72. The summed E-state index contributed by atoms with van der Waals surface area (Å²) < 4.78 is 19.0. The molecule has 2 saturated heterocycles. The Labute approximate surface area is 201 Å². The SMILES string of the molecule is O=C(N1CCC[C@@H](Cc2ccc3ccncc3c2)CC1)C1(Cc2ccc(F)cc2)CCOCC1. The first-order valence-corrected chi connectivity index (χ1v) is 12.6. The summed E-state index contributed by atoms with van der Waals surface area (Å²) in [4.78, 5) is 20.3. The van der Waals surface area contributed by atoms with Gasteiger partial charge in [-0.2, -0.15) is 0 Å². The van der Waals surface area contributed by atoms with E-state index in [1.165, 1.54) is 28.5 Å². The number of amides is 1. The van der Waals surface area contributed by atoms with Crippen molar-refractivity contribution in [1.29, 1.82) is 0 Å². The van der Waals surface area contributed by atoms with E-state index < -0.39 is 5.41 Å². The van der Waals surface area contributed by atoms with Crippen molar-refractivity contribution in [2.75, 3.05) is 26.3 Å². The molecule has 2 aliphatic heterocycles. The number of rotatable bonds is 5. The smallest absolute Gasteiger partial charge is 0.229 e. The van der Waals surface area contributed by atoms with Gasteiger partial charge in [-0.3, -0.25) is 9.78 Å². The molecular formula is C29H33FN2O2. The summed E-state index contributed by atoms with van der Waals surface area (Å²) in [5.74, 6) is 0.601. The lowest BCUT2D eigenvalue weighted by Gasteiger charge is -2.40. The first kappa shape index (κ1) is 23.0. The topological polar surface area (TPSA) is 42.4 Å². The highest BCUT2D eigenvalue weighted by atomic mass is 19.1. The lowest BCUT2D eigenvalue weighted by molar-refractivity contribution is -0.148. The van der Waals surface area contributed by atoms with Gasteiger partial charge in [-0.1, -0.05) is 24.3 Å². The Bertz CT molecular complexity index is 1120. The minimum Gasteiger partial charge on any atom is -0.381 e. The number of halogens is 1. The molecule has 2 aromatic carbocycles. The monoisotopic (exact) mass is 460 g/mol. The van der Waals surface area contributed by atoms with Gasteiger partial charge >= 0.3 is 0 Å². The second-order valence-electron chi connectivity index (χ2n) is 10.0. The van der Waals surface area contributed by atoms with Gasteiger partial charge in [0, 0.05) is 44.1 Å². The molecular weight excluding hydrogens is 427 g/mol. The van der Waals surface area contributed by atoms with Crippen molar-refractivity contribution >= 4 is 16.7 Å². The van der Waals surface area contributed by atoms with Gasteiger partial charge < -0.3 is 9.64 Å². The fourth-order valence-corrected chi connectivity index (χ4v) is 5.72. The second kappa shape index (κ2) is 10.2. The molecule has 3 heterocycles. The van der Waals surface area contributed by atoms with Gasteiger partial charge in [-0.25, -0.2) is 4.39 Å². The standard InChI is InChI=1S/C29H33FN2O2/c30-27-7-4-23(5-8-27)20-29(11-16-34-17-12-29)28(33)32-14-1-2-22(10-15-32)18-24-3-6-25-9-13-31-21-26(25)19-24/h3-9,13,19,21-22H,1-2,10-12,14-18,20H2/t22-/m1/s1. The van der Waals surface area contributed by atoms with Crippen molar-refractivity contribution in [1.82, 2.24) is 9.88 Å². The predicted molar refractivity (Wildman–Crippen MR) is 132 cm³/mol. The number of benzene rings is 2. The maximum atomic E-state index is 13.9. The van der Waals surface area contributed by atoms with Crippen molar-refractivity contribution < 1.29 is 13.9 Å². The summed E-state index contributed by atoms with van der Waals surface area (Å²) in [6.45, 7) is 2.86. The van der Waals surface area contributed by atoms with E-state index >= 15 is 0 Å². The quantitative estimate of drug-likeness (QED) is 0.499. The number of carbonyl (C=O) groups excluding carboxylic acids is 1. The van der Waals surface area contributed by atoms with Crippen LogP contribution in [0.2, 0.25) is 0 Å². The third-order valence-corrected chi connectivity index (χ3v) is 7.72. The highest BCUT2D eigenvalue weighted by Crippen LogP contribution is 2.37. The van der Waals surface area contributed by atoms with Crippen LogP contribution in [-0.2, 0) is 22.4 Å². The van der Waals surface area contributed by atoms with Gasteiger partial charge in [-0.05, 0) is 91.6 Å². The van der Waals surface area contributed by atoms with E-state index in [2.05, 4.69) is 28.1 Å². The first-order valence-electron chi connectivity index (χ1n) is 12.6. The molecule has 2 fully saturated rings. The maximum absolute atomic E-state index is 13.9. The molecule has 1 atom stereocenters. The highest BCUT2D eigenvalue weighted by Gasteiger charge is 2.42. The van der Waals surface area contributed by atoms with Gasteiger partial charge in [0.1, 0.15) is 5.82 Å². The number of ether oxygens (including phenoxy) is 1. The molecule has 34 heavy (non-hydrogen) atoms. The number of carbonyl (C=O) groups is 1. The molecule has 0 unspecified atom stereocenters. The Kier molecular flexibility index (Phi) is 6.91. The molecule has 0 spiro atoms. The minimum absolute atomic E-state index is 0.239. The first-order chi connectivity index (χ1) is 16.6. The van der Waals surface area contributed by atoms with Gasteiger partial charge in [0.15, 0.2) is 0 Å². The van der Waals surface area contributed by atoms with Crippen molar-refractivity contribution in [2.45, 2.75) is 44.9 Å². The van der Waals surface area contributed by atoms with Crippen molar-refractivity contribution in [3.8, 4) is 0 Å². The van der Waals surface area contributed by atoms with Crippen LogP contribution in [0.25, 0.3) is 10.8 Å². The Morgan fingerprint density at radius 2 is 1.79 bits per heavy atom. The number of nitrogens with zero attached hydrogens (tertiary/aromatic N) is 2. The molecule has 0 saturated carbocycles. The summed E-state index contributed by atoms with van der Waals surface area (Å²) in [5, 5.41) is 2.41. The van der Waals surface area contributed by atoms with E-state index in [-0.39, 0.29) is 11.7 Å². The average molecular weight is 461 g/mol. The third kappa shape index (κ3) is 5.15. The van der Waals surface area contributed by atoms with Crippen LogP contribution < -0.4 is 0 Å². The zero-order valence-corrected chi connectivity index (χ0v) is 19.7. The zero-order valence-electron chi connectivity index (χ0n) is 19.7. The van der Waals surface area contributed by atoms with Crippen LogP contribution in [0.3, 0.4) is 0 Å². The van der Waals surface area contributed by atoms with Gasteiger partial charge in [0.05, 0.1) is 5.41 Å². The third-order valence-electron chi connectivity index (χ3n) is 7.72. The lowest BCUT2D eigenvalue weighted by Crippen LogP contribution is -2.48. The molecule has 1 aromatic heterocycles. The normalized spacial score (nSPS) is 20.7. The molecule has 1 amide bonds. The predicted octanol–water partition coefficient (Wildman–Crippen LogP) is 5.58. The van der Waals surface area contributed by atoms with E-state index in [1.54, 1.807) is 0 Å². The molecule has 0 aliphatic carbocycles. The number of hydrogen-bond donors (Lipinski definition) is 0. The van der Waals surface area contributed by atoms with E-state index in [4.69, 9.17) is 4.74 Å². The molecule has 0 bridgehead atoms. The maximum Gasteiger partial charge on any atom is 0.229 e. The number of fused-ring (bicyclic) bond motifs is 1. The Balaban J connectivity index is 1.26. The van der Waals surface area contributed by atoms with Crippen LogP contribution in [-0.4, -0.2) is 42.1 Å². The molecule has 5 rings (SSSR count). The minimum atomic E-state index is -0.443. The Morgan fingerprint density at radius 3 is 2.62 bits per heavy atom. The summed E-state index contributed by atoms with van der Waals surface area (Å²) in [7, 11) is 0. The molecule has 0 radical (unpaired) electrons. The lowest BCUT2D eigenvalue weighted by atomic mass is 9.74. The summed E-state index contributed by atoms with van der Waals surface area (Å²) in [6.07, 6.45) is 10.1. The zero-order chi connectivity index (χ0) is 23.4. The van der Waals surface area contributed by atoms with Gasteiger partial charge in [0.25, 0.3) is 0 Å².